The van der Waals surface area contributed by atoms with Gasteiger partial charge in [0.05, 0.1) is 0 Å². The van der Waals surface area contributed by atoms with Gasteiger partial charge in [-0.2, -0.15) is 0 Å². The van der Waals surface area contributed by atoms with Crippen LogP contribution in [0.1, 0.15) is 23.2 Å². The number of nitrogens with zero attached hydrogens (tertiary/aromatic N) is 1. The summed E-state index contributed by atoms with van der Waals surface area (Å²) in [5, 5.41) is 2.91. The van der Waals surface area contributed by atoms with Gasteiger partial charge in [-0.25, -0.2) is 0 Å². The van der Waals surface area contributed by atoms with Crippen LogP contribution in [0.2, 0.25) is 0 Å². The van der Waals surface area contributed by atoms with E-state index in [0.29, 0.717) is 22.7 Å². The Hall–Kier alpha value is -2.69. The predicted molar refractivity (Wildman–Crippen MR) is 88.4 cm³/mol. The molecule has 0 unspecified atom stereocenters. The number of anilines is 2. The van der Waals surface area contributed by atoms with Crippen molar-refractivity contribution >= 4 is 17.3 Å². The van der Waals surface area contributed by atoms with Gasteiger partial charge in [-0.1, -0.05) is 6.07 Å². The van der Waals surface area contributed by atoms with Gasteiger partial charge in [-0.05, 0) is 43.2 Å². The van der Waals surface area contributed by atoms with Crippen LogP contribution in [0.25, 0.3) is 0 Å². The van der Waals surface area contributed by atoms with E-state index in [2.05, 4.69) is 16.3 Å². The molecule has 0 aliphatic carbocycles. The van der Waals surface area contributed by atoms with Gasteiger partial charge in [0.2, 0.25) is 6.79 Å². The van der Waals surface area contributed by atoms with Crippen LogP contribution in [0.4, 0.5) is 11.4 Å². The first-order valence-corrected chi connectivity index (χ1v) is 7.86. The summed E-state index contributed by atoms with van der Waals surface area (Å²) in [4.78, 5) is 14.8. The molecular formula is C18H18N2O3. The molecule has 0 radical (unpaired) electrons. The summed E-state index contributed by atoms with van der Waals surface area (Å²) >= 11 is 0. The molecule has 5 heteroatoms. The maximum absolute atomic E-state index is 12.5. The second-order valence-corrected chi connectivity index (χ2v) is 5.77. The molecule has 2 aliphatic heterocycles. The third kappa shape index (κ3) is 2.82. The van der Waals surface area contributed by atoms with Gasteiger partial charge in [-0.15, -0.1) is 0 Å². The lowest BCUT2D eigenvalue weighted by Crippen LogP contribution is -2.18. The van der Waals surface area contributed by atoms with E-state index in [0.717, 1.165) is 18.8 Å². The number of nitrogens with one attached hydrogen (secondary N) is 1. The minimum absolute atomic E-state index is 0.120. The van der Waals surface area contributed by atoms with Crippen LogP contribution in [0.5, 0.6) is 11.5 Å². The molecule has 2 aromatic carbocycles. The number of ether oxygens (including phenoxy) is 2. The van der Waals surface area contributed by atoms with Crippen molar-refractivity contribution < 1.29 is 14.3 Å². The molecule has 118 valence electrons. The van der Waals surface area contributed by atoms with Crippen molar-refractivity contribution in [1.29, 1.82) is 0 Å². The van der Waals surface area contributed by atoms with Crippen LogP contribution in [0, 0.1) is 0 Å². The van der Waals surface area contributed by atoms with E-state index in [9.17, 15) is 4.79 Å². The number of rotatable bonds is 3. The van der Waals surface area contributed by atoms with Crippen molar-refractivity contribution in [3.63, 3.8) is 0 Å². The molecule has 1 saturated heterocycles. The fraction of sp³-hybridized carbons (Fsp3) is 0.278. The molecule has 0 aromatic heterocycles. The largest absolute Gasteiger partial charge is 0.454 e. The van der Waals surface area contributed by atoms with Crippen molar-refractivity contribution in [3.8, 4) is 11.5 Å². The standard InChI is InChI=1S/C18H18N2O3/c21-18(19-14-6-7-16-17(11-14)23-12-22-16)13-4-3-5-15(10-13)20-8-1-2-9-20/h3-7,10-11H,1-2,8-9,12H2,(H,19,21). The Morgan fingerprint density at radius 1 is 1.00 bits per heavy atom. The highest BCUT2D eigenvalue weighted by Gasteiger charge is 2.16. The van der Waals surface area contributed by atoms with E-state index in [1.165, 1.54) is 12.8 Å². The number of carbonyl (C=O) groups is 1. The van der Waals surface area contributed by atoms with Crippen molar-refractivity contribution in [2.75, 3.05) is 30.1 Å². The van der Waals surface area contributed by atoms with Gasteiger partial charge in [0, 0.05) is 36.1 Å². The molecule has 2 aliphatic rings. The number of hydrogen-bond donors (Lipinski definition) is 1. The molecule has 1 fully saturated rings. The van der Waals surface area contributed by atoms with Crippen molar-refractivity contribution in [2.24, 2.45) is 0 Å². The fourth-order valence-electron chi connectivity index (χ4n) is 3.00. The van der Waals surface area contributed by atoms with Crippen LogP contribution < -0.4 is 19.7 Å². The Morgan fingerprint density at radius 2 is 1.83 bits per heavy atom. The highest BCUT2D eigenvalue weighted by molar-refractivity contribution is 6.05. The Morgan fingerprint density at radius 3 is 2.70 bits per heavy atom. The number of benzene rings is 2. The number of amides is 1. The normalized spacial score (nSPS) is 15.7. The van der Waals surface area contributed by atoms with Crippen LogP contribution in [0.15, 0.2) is 42.5 Å². The zero-order valence-electron chi connectivity index (χ0n) is 12.7. The third-order valence-electron chi connectivity index (χ3n) is 4.21. The van der Waals surface area contributed by atoms with E-state index in [1.807, 2.05) is 24.3 Å². The Bertz CT molecular complexity index is 739. The summed E-state index contributed by atoms with van der Waals surface area (Å²) in [5.41, 5.74) is 2.47. The molecule has 23 heavy (non-hydrogen) atoms. The minimum Gasteiger partial charge on any atom is -0.454 e. The lowest BCUT2D eigenvalue weighted by Gasteiger charge is -2.18. The molecule has 0 spiro atoms. The van der Waals surface area contributed by atoms with Gasteiger partial charge < -0.3 is 19.7 Å². The quantitative estimate of drug-likeness (QED) is 0.945. The molecule has 2 aromatic rings. The summed E-state index contributed by atoms with van der Waals surface area (Å²) in [6.45, 7) is 2.35. The van der Waals surface area contributed by atoms with Crippen molar-refractivity contribution in [2.45, 2.75) is 12.8 Å². The maximum Gasteiger partial charge on any atom is 0.255 e. The topological polar surface area (TPSA) is 50.8 Å². The SMILES string of the molecule is O=C(Nc1ccc2c(c1)OCO2)c1cccc(N2CCCC2)c1. The zero-order chi connectivity index (χ0) is 15.6. The number of fused-ring (bicyclic) bond motifs is 1. The minimum atomic E-state index is -0.120. The molecule has 0 bridgehead atoms. The summed E-state index contributed by atoms with van der Waals surface area (Å²) in [5.74, 6) is 1.25. The first-order chi connectivity index (χ1) is 11.3. The van der Waals surface area contributed by atoms with Gasteiger partial charge >= 0.3 is 0 Å². The molecule has 1 amide bonds. The zero-order valence-corrected chi connectivity index (χ0v) is 12.7. The van der Waals surface area contributed by atoms with Gasteiger partial charge in [-0.3, -0.25) is 4.79 Å². The Kier molecular flexibility index (Phi) is 3.54. The molecule has 0 saturated carbocycles. The highest BCUT2D eigenvalue weighted by atomic mass is 16.7. The summed E-state index contributed by atoms with van der Waals surface area (Å²) in [6.07, 6.45) is 2.43. The van der Waals surface area contributed by atoms with Crippen LogP contribution in [-0.2, 0) is 0 Å². The average Bonchev–Trinajstić information content (AvgIpc) is 3.26. The van der Waals surface area contributed by atoms with Gasteiger partial charge in [0.25, 0.3) is 5.91 Å². The van der Waals surface area contributed by atoms with Crippen LogP contribution in [-0.4, -0.2) is 25.8 Å². The first-order valence-electron chi connectivity index (χ1n) is 7.86. The summed E-state index contributed by atoms with van der Waals surface area (Å²) < 4.78 is 10.6. The molecule has 1 N–H and O–H groups in total. The Balaban J connectivity index is 1.51. The van der Waals surface area contributed by atoms with E-state index in [-0.39, 0.29) is 12.7 Å². The monoisotopic (exact) mass is 310 g/mol. The second-order valence-electron chi connectivity index (χ2n) is 5.77. The smallest absolute Gasteiger partial charge is 0.255 e. The summed E-state index contributed by atoms with van der Waals surface area (Å²) in [6, 6.07) is 13.2. The average molecular weight is 310 g/mol. The number of hydrogen-bond acceptors (Lipinski definition) is 4. The van der Waals surface area contributed by atoms with E-state index in [4.69, 9.17) is 9.47 Å². The third-order valence-corrected chi connectivity index (χ3v) is 4.21. The van der Waals surface area contributed by atoms with Gasteiger partial charge in [0.1, 0.15) is 0 Å². The van der Waals surface area contributed by atoms with Crippen molar-refractivity contribution in [3.05, 3.63) is 48.0 Å². The lowest BCUT2D eigenvalue weighted by atomic mass is 10.1. The highest BCUT2D eigenvalue weighted by Crippen LogP contribution is 2.34. The molecular weight excluding hydrogens is 292 g/mol. The molecule has 0 atom stereocenters. The molecule has 5 nitrogen and oxygen atoms in total. The summed E-state index contributed by atoms with van der Waals surface area (Å²) in [7, 11) is 0. The van der Waals surface area contributed by atoms with E-state index in [1.54, 1.807) is 12.1 Å². The van der Waals surface area contributed by atoms with E-state index >= 15 is 0 Å². The molecule has 4 rings (SSSR count). The van der Waals surface area contributed by atoms with E-state index < -0.39 is 0 Å². The fourth-order valence-corrected chi connectivity index (χ4v) is 3.00. The van der Waals surface area contributed by atoms with Crippen LogP contribution >= 0.6 is 0 Å². The predicted octanol–water partition coefficient (Wildman–Crippen LogP) is 3.27. The van der Waals surface area contributed by atoms with Crippen LogP contribution in [0.3, 0.4) is 0 Å². The second kappa shape index (κ2) is 5.83. The van der Waals surface area contributed by atoms with Crippen molar-refractivity contribution in [1.82, 2.24) is 0 Å². The first kappa shape index (κ1) is 13.9. The number of carbonyl (C=O) groups excluding carboxylic acids is 1. The van der Waals surface area contributed by atoms with Gasteiger partial charge in [0.15, 0.2) is 11.5 Å². The lowest BCUT2D eigenvalue weighted by molar-refractivity contribution is 0.102. The maximum atomic E-state index is 12.5. The Labute approximate surface area is 134 Å². The molecule has 2 heterocycles.